The standard InChI is InChI=1S/C22H31FN2O2/c1-2-20(26)25-14-6-7-17(15-25)21(27)24-16-22(12-4-3-5-13-22)18-8-10-19(23)11-9-18/h8-11,17H,2-7,12-16H2,1H3,(H,24,27). The number of carbonyl (C=O) groups excluding carboxylic acids is 2. The highest BCUT2D eigenvalue weighted by atomic mass is 19.1. The van der Waals surface area contributed by atoms with Gasteiger partial charge in [0.15, 0.2) is 0 Å². The van der Waals surface area contributed by atoms with Crippen LogP contribution in [0.1, 0.15) is 63.9 Å². The summed E-state index contributed by atoms with van der Waals surface area (Å²) in [5.41, 5.74) is 1.02. The molecule has 1 atom stereocenters. The summed E-state index contributed by atoms with van der Waals surface area (Å²) in [5, 5.41) is 3.18. The van der Waals surface area contributed by atoms with Crippen LogP contribution in [0.25, 0.3) is 0 Å². The Morgan fingerprint density at radius 2 is 1.85 bits per heavy atom. The van der Waals surface area contributed by atoms with Gasteiger partial charge >= 0.3 is 0 Å². The number of rotatable bonds is 5. The van der Waals surface area contributed by atoms with E-state index in [-0.39, 0.29) is 29.0 Å². The molecule has 1 saturated carbocycles. The van der Waals surface area contributed by atoms with Crippen molar-refractivity contribution in [3.63, 3.8) is 0 Å². The molecule has 1 unspecified atom stereocenters. The normalized spacial score (nSPS) is 22.3. The molecular weight excluding hydrogens is 343 g/mol. The second-order valence-corrected chi connectivity index (χ2v) is 8.10. The molecule has 0 spiro atoms. The zero-order valence-electron chi connectivity index (χ0n) is 16.3. The summed E-state index contributed by atoms with van der Waals surface area (Å²) < 4.78 is 13.4. The largest absolute Gasteiger partial charge is 0.355 e. The second-order valence-electron chi connectivity index (χ2n) is 8.10. The van der Waals surface area contributed by atoms with Gasteiger partial charge in [-0.2, -0.15) is 0 Å². The van der Waals surface area contributed by atoms with E-state index in [1.54, 1.807) is 0 Å². The molecule has 27 heavy (non-hydrogen) atoms. The predicted octanol–water partition coefficient (Wildman–Crippen LogP) is 3.79. The second kappa shape index (κ2) is 8.85. The molecule has 1 aromatic rings. The van der Waals surface area contributed by atoms with E-state index in [1.165, 1.54) is 18.6 Å². The van der Waals surface area contributed by atoms with Gasteiger partial charge in [0, 0.05) is 31.5 Å². The van der Waals surface area contributed by atoms with E-state index in [9.17, 15) is 14.0 Å². The van der Waals surface area contributed by atoms with Crippen molar-refractivity contribution < 1.29 is 14.0 Å². The van der Waals surface area contributed by atoms with E-state index < -0.39 is 0 Å². The third-order valence-corrected chi connectivity index (χ3v) is 6.32. The Labute approximate surface area is 161 Å². The average molecular weight is 375 g/mol. The molecule has 0 bridgehead atoms. The number of likely N-dealkylation sites (tertiary alicyclic amines) is 1. The Kier molecular flexibility index (Phi) is 6.51. The fraction of sp³-hybridized carbons (Fsp3) is 0.636. The van der Waals surface area contributed by atoms with Crippen LogP contribution in [-0.4, -0.2) is 36.3 Å². The van der Waals surface area contributed by atoms with Gasteiger partial charge in [-0.3, -0.25) is 9.59 Å². The van der Waals surface area contributed by atoms with E-state index >= 15 is 0 Å². The maximum atomic E-state index is 13.4. The number of amides is 2. The molecule has 4 nitrogen and oxygen atoms in total. The first kappa shape index (κ1) is 19.8. The molecule has 1 aromatic carbocycles. The molecule has 1 heterocycles. The van der Waals surface area contributed by atoms with Crippen molar-refractivity contribution in [1.29, 1.82) is 0 Å². The summed E-state index contributed by atoms with van der Waals surface area (Å²) in [7, 11) is 0. The number of benzene rings is 1. The zero-order chi connectivity index (χ0) is 19.3. The zero-order valence-corrected chi connectivity index (χ0v) is 16.3. The molecule has 1 aliphatic carbocycles. The number of hydrogen-bond donors (Lipinski definition) is 1. The maximum Gasteiger partial charge on any atom is 0.224 e. The first-order valence-corrected chi connectivity index (χ1v) is 10.4. The van der Waals surface area contributed by atoms with Gasteiger partial charge in [0.2, 0.25) is 11.8 Å². The molecule has 148 valence electrons. The molecule has 3 rings (SSSR count). The summed E-state index contributed by atoms with van der Waals surface area (Å²) >= 11 is 0. The van der Waals surface area contributed by atoms with Crippen LogP contribution < -0.4 is 5.32 Å². The molecule has 2 aliphatic rings. The van der Waals surface area contributed by atoms with Crippen molar-refractivity contribution in [3.05, 3.63) is 35.6 Å². The minimum absolute atomic E-state index is 0.0515. The lowest BCUT2D eigenvalue weighted by Gasteiger charge is -2.39. The third-order valence-electron chi connectivity index (χ3n) is 6.32. The summed E-state index contributed by atoms with van der Waals surface area (Å²) in [6.07, 6.45) is 7.73. The number of nitrogens with one attached hydrogen (secondary N) is 1. The van der Waals surface area contributed by atoms with Crippen molar-refractivity contribution >= 4 is 11.8 Å². The van der Waals surface area contributed by atoms with Gasteiger partial charge in [0.05, 0.1) is 5.92 Å². The van der Waals surface area contributed by atoms with Gasteiger partial charge in [-0.1, -0.05) is 38.3 Å². The molecule has 1 aliphatic heterocycles. The summed E-state index contributed by atoms with van der Waals surface area (Å²) in [5.74, 6) is -0.169. The van der Waals surface area contributed by atoms with Crippen molar-refractivity contribution in [3.8, 4) is 0 Å². The molecule has 1 N–H and O–H groups in total. The molecule has 5 heteroatoms. The van der Waals surface area contributed by atoms with E-state index in [0.29, 0.717) is 19.5 Å². The van der Waals surface area contributed by atoms with Gasteiger partial charge in [-0.05, 0) is 43.4 Å². The fourth-order valence-electron chi connectivity index (χ4n) is 4.64. The summed E-state index contributed by atoms with van der Waals surface area (Å²) in [4.78, 5) is 26.6. The highest BCUT2D eigenvalue weighted by Crippen LogP contribution is 2.39. The molecule has 0 radical (unpaired) electrons. The van der Waals surface area contributed by atoms with E-state index in [1.807, 2.05) is 24.0 Å². The highest BCUT2D eigenvalue weighted by molar-refractivity contribution is 5.81. The van der Waals surface area contributed by atoms with E-state index in [2.05, 4.69) is 5.32 Å². The van der Waals surface area contributed by atoms with Crippen LogP contribution in [0, 0.1) is 11.7 Å². The highest BCUT2D eigenvalue weighted by Gasteiger charge is 2.35. The van der Waals surface area contributed by atoms with Crippen LogP contribution in [0.15, 0.2) is 24.3 Å². The Hall–Kier alpha value is -1.91. The van der Waals surface area contributed by atoms with Gasteiger partial charge < -0.3 is 10.2 Å². The first-order chi connectivity index (χ1) is 13.0. The third kappa shape index (κ3) is 4.69. The SMILES string of the molecule is CCC(=O)N1CCCC(C(=O)NCC2(c3ccc(F)cc3)CCCCC2)C1. The van der Waals surface area contributed by atoms with Crippen LogP contribution in [-0.2, 0) is 15.0 Å². The number of halogens is 1. The van der Waals surface area contributed by atoms with Gasteiger partial charge in [-0.25, -0.2) is 4.39 Å². The Morgan fingerprint density at radius 1 is 1.15 bits per heavy atom. The molecular formula is C22H31FN2O2. The van der Waals surface area contributed by atoms with Crippen molar-refractivity contribution in [2.75, 3.05) is 19.6 Å². The minimum atomic E-state index is -0.225. The quantitative estimate of drug-likeness (QED) is 0.852. The minimum Gasteiger partial charge on any atom is -0.355 e. The monoisotopic (exact) mass is 374 g/mol. The van der Waals surface area contributed by atoms with Gasteiger partial charge in [-0.15, -0.1) is 0 Å². The first-order valence-electron chi connectivity index (χ1n) is 10.4. The smallest absolute Gasteiger partial charge is 0.224 e. The fourth-order valence-corrected chi connectivity index (χ4v) is 4.64. The number of nitrogens with zero attached hydrogens (tertiary/aromatic N) is 1. The summed E-state index contributed by atoms with van der Waals surface area (Å²) in [6.45, 7) is 3.75. The molecule has 2 amide bonds. The summed E-state index contributed by atoms with van der Waals surface area (Å²) in [6, 6.07) is 6.77. The predicted molar refractivity (Wildman–Crippen MR) is 104 cm³/mol. The number of carbonyl (C=O) groups is 2. The van der Waals surface area contributed by atoms with Crippen molar-refractivity contribution in [1.82, 2.24) is 10.2 Å². The Balaban J connectivity index is 1.65. The molecule has 0 aromatic heterocycles. The van der Waals surface area contributed by atoms with Crippen LogP contribution >= 0.6 is 0 Å². The number of piperidine rings is 1. The lowest BCUT2D eigenvalue weighted by Crippen LogP contribution is -2.48. The average Bonchev–Trinajstić information content (AvgIpc) is 2.72. The van der Waals surface area contributed by atoms with Crippen LogP contribution in [0.3, 0.4) is 0 Å². The van der Waals surface area contributed by atoms with Crippen LogP contribution in [0.5, 0.6) is 0 Å². The van der Waals surface area contributed by atoms with Crippen molar-refractivity contribution in [2.24, 2.45) is 5.92 Å². The lowest BCUT2D eigenvalue weighted by atomic mass is 9.69. The molecule has 2 fully saturated rings. The van der Waals surface area contributed by atoms with E-state index in [0.717, 1.165) is 50.6 Å². The van der Waals surface area contributed by atoms with E-state index in [4.69, 9.17) is 0 Å². The lowest BCUT2D eigenvalue weighted by molar-refractivity contribution is -0.135. The van der Waals surface area contributed by atoms with Crippen molar-refractivity contribution in [2.45, 2.75) is 63.7 Å². The number of hydrogen-bond acceptors (Lipinski definition) is 2. The van der Waals surface area contributed by atoms with Crippen LogP contribution in [0.4, 0.5) is 4.39 Å². The maximum absolute atomic E-state index is 13.4. The van der Waals surface area contributed by atoms with Gasteiger partial charge in [0.1, 0.15) is 5.82 Å². The van der Waals surface area contributed by atoms with Gasteiger partial charge in [0.25, 0.3) is 0 Å². The Morgan fingerprint density at radius 3 is 2.52 bits per heavy atom. The van der Waals surface area contributed by atoms with Crippen LogP contribution in [0.2, 0.25) is 0 Å². The molecule has 1 saturated heterocycles. The topological polar surface area (TPSA) is 49.4 Å². The Bertz CT molecular complexity index is 653.